The van der Waals surface area contributed by atoms with Gasteiger partial charge >= 0.3 is 6.18 Å². The molecular formula is C20H19F3N2O5. The number of oxime groups is 1. The highest BCUT2D eigenvalue weighted by Gasteiger charge is 2.32. The van der Waals surface area contributed by atoms with Gasteiger partial charge in [-0.15, -0.1) is 0 Å². The van der Waals surface area contributed by atoms with Gasteiger partial charge in [0.2, 0.25) is 11.9 Å². The number of amides is 1. The molecule has 1 atom stereocenters. The minimum atomic E-state index is -4.51. The maximum Gasteiger partial charge on any atom is 0.416 e. The SMILES string of the molecule is COc1cc(C2=NOC(C(=O)Nc3cccc(C(F)(F)F)c3)C2)cc(OC)c1OC. The second kappa shape index (κ2) is 8.52. The number of hydrogen-bond acceptors (Lipinski definition) is 6. The third-order valence-corrected chi connectivity index (χ3v) is 4.42. The molecule has 1 unspecified atom stereocenters. The summed E-state index contributed by atoms with van der Waals surface area (Å²) in [5, 5.41) is 6.36. The molecule has 30 heavy (non-hydrogen) atoms. The Labute approximate surface area is 170 Å². The van der Waals surface area contributed by atoms with Crippen LogP contribution in [0.15, 0.2) is 41.6 Å². The highest BCUT2D eigenvalue weighted by Crippen LogP contribution is 2.39. The van der Waals surface area contributed by atoms with Crippen LogP contribution in [0.2, 0.25) is 0 Å². The first-order chi connectivity index (χ1) is 14.3. The maximum atomic E-state index is 12.8. The number of ether oxygens (including phenoxy) is 3. The highest BCUT2D eigenvalue weighted by atomic mass is 19.4. The number of carbonyl (C=O) groups is 1. The fourth-order valence-electron chi connectivity index (χ4n) is 2.93. The molecule has 0 bridgehead atoms. The Hall–Kier alpha value is -3.43. The lowest BCUT2D eigenvalue weighted by Gasteiger charge is -2.14. The summed E-state index contributed by atoms with van der Waals surface area (Å²) in [6.07, 6.45) is -5.38. The van der Waals surface area contributed by atoms with Gasteiger partial charge in [0.25, 0.3) is 5.91 Å². The topological polar surface area (TPSA) is 78.4 Å². The summed E-state index contributed by atoms with van der Waals surface area (Å²) >= 11 is 0. The van der Waals surface area contributed by atoms with Crippen LogP contribution in [0, 0.1) is 0 Å². The standard InChI is InChI=1S/C20H19F3N2O5/c1-27-15-7-11(8-16(28-2)18(15)29-3)14-10-17(30-25-14)19(26)24-13-6-4-5-12(9-13)20(21,22)23/h4-9,17H,10H2,1-3H3,(H,24,26). The number of halogens is 3. The van der Waals surface area contributed by atoms with Crippen molar-refractivity contribution < 1.29 is 37.0 Å². The minimum absolute atomic E-state index is 0.0136. The second-order valence-electron chi connectivity index (χ2n) is 6.32. The van der Waals surface area contributed by atoms with E-state index in [-0.39, 0.29) is 12.1 Å². The van der Waals surface area contributed by atoms with Gasteiger partial charge in [-0.3, -0.25) is 4.79 Å². The van der Waals surface area contributed by atoms with Crippen molar-refractivity contribution in [3.63, 3.8) is 0 Å². The first kappa shape index (κ1) is 21.3. The average Bonchev–Trinajstić information content (AvgIpc) is 3.22. The van der Waals surface area contributed by atoms with Gasteiger partial charge in [0.1, 0.15) is 0 Å². The number of rotatable bonds is 6. The Bertz CT molecular complexity index is 950. The molecular weight excluding hydrogens is 405 g/mol. The van der Waals surface area contributed by atoms with Crippen molar-refractivity contribution in [2.45, 2.75) is 18.7 Å². The van der Waals surface area contributed by atoms with E-state index in [1.54, 1.807) is 12.1 Å². The molecule has 0 radical (unpaired) electrons. The van der Waals surface area contributed by atoms with Gasteiger partial charge in [0.15, 0.2) is 11.5 Å². The van der Waals surface area contributed by atoms with Crippen LogP contribution in [0.25, 0.3) is 0 Å². The van der Waals surface area contributed by atoms with Crippen molar-refractivity contribution in [3.8, 4) is 17.2 Å². The van der Waals surface area contributed by atoms with Crippen LogP contribution in [0.4, 0.5) is 18.9 Å². The lowest BCUT2D eigenvalue weighted by molar-refractivity contribution is -0.137. The summed E-state index contributed by atoms with van der Waals surface area (Å²) in [5.74, 6) is 0.612. The van der Waals surface area contributed by atoms with E-state index in [4.69, 9.17) is 19.0 Å². The molecule has 7 nitrogen and oxygen atoms in total. The molecule has 1 N–H and O–H groups in total. The Morgan fingerprint density at radius 1 is 1.10 bits per heavy atom. The number of methoxy groups -OCH3 is 3. The zero-order valence-corrected chi connectivity index (χ0v) is 16.4. The zero-order valence-electron chi connectivity index (χ0n) is 16.4. The van der Waals surface area contributed by atoms with Crippen molar-refractivity contribution in [3.05, 3.63) is 47.5 Å². The third kappa shape index (κ3) is 4.42. The Kier molecular flexibility index (Phi) is 6.04. The molecule has 0 fully saturated rings. The quantitative estimate of drug-likeness (QED) is 0.762. The number of carbonyl (C=O) groups excluding carboxylic acids is 1. The molecule has 1 aliphatic rings. The van der Waals surface area contributed by atoms with Crippen molar-refractivity contribution in [1.29, 1.82) is 0 Å². The van der Waals surface area contributed by atoms with Gasteiger partial charge in [-0.1, -0.05) is 11.2 Å². The molecule has 0 aromatic heterocycles. The first-order valence-corrected chi connectivity index (χ1v) is 8.78. The predicted octanol–water partition coefficient (Wildman–Crippen LogP) is 3.86. The van der Waals surface area contributed by atoms with Crippen molar-refractivity contribution in [2.75, 3.05) is 26.6 Å². The van der Waals surface area contributed by atoms with Crippen LogP contribution in [-0.4, -0.2) is 39.1 Å². The van der Waals surface area contributed by atoms with Gasteiger partial charge < -0.3 is 24.4 Å². The molecule has 10 heteroatoms. The van der Waals surface area contributed by atoms with Crippen molar-refractivity contribution >= 4 is 17.3 Å². The maximum absolute atomic E-state index is 12.8. The lowest BCUT2D eigenvalue weighted by Crippen LogP contribution is -2.28. The van der Waals surface area contributed by atoms with Crippen molar-refractivity contribution in [1.82, 2.24) is 0 Å². The zero-order chi connectivity index (χ0) is 21.9. The lowest BCUT2D eigenvalue weighted by atomic mass is 10.0. The number of alkyl halides is 3. The van der Waals surface area contributed by atoms with Crippen LogP contribution in [0.5, 0.6) is 17.2 Å². The van der Waals surface area contributed by atoms with Crippen molar-refractivity contribution in [2.24, 2.45) is 5.16 Å². The normalized spacial score (nSPS) is 15.8. The summed E-state index contributed by atoms with van der Waals surface area (Å²) in [7, 11) is 4.42. The molecule has 0 saturated carbocycles. The van der Waals surface area contributed by atoms with Crippen LogP contribution in [0.3, 0.4) is 0 Å². The highest BCUT2D eigenvalue weighted by molar-refractivity contribution is 6.06. The van der Waals surface area contributed by atoms with E-state index in [1.807, 2.05) is 0 Å². The Balaban J connectivity index is 1.73. The Morgan fingerprint density at radius 3 is 2.33 bits per heavy atom. The van der Waals surface area contributed by atoms with E-state index in [9.17, 15) is 18.0 Å². The van der Waals surface area contributed by atoms with Crippen LogP contribution < -0.4 is 19.5 Å². The van der Waals surface area contributed by atoms with Gasteiger partial charge in [-0.25, -0.2) is 0 Å². The average molecular weight is 424 g/mol. The molecule has 1 amide bonds. The van der Waals surface area contributed by atoms with E-state index in [1.165, 1.54) is 33.5 Å². The molecule has 0 saturated heterocycles. The van der Waals surface area contributed by atoms with Gasteiger partial charge in [0, 0.05) is 17.7 Å². The number of anilines is 1. The molecule has 0 spiro atoms. The second-order valence-corrected chi connectivity index (χ2v) is 6.32. The third-order valence-electron chi connectivity index (χ3n) is 4.42. The molecule has 1 heterocycles. The number of nitrogens with zero attached hydrogens (tertiary/aromatic N) is 1. The molecule has 2 aromatic carbocycles. The Morgan fingerprint density at radius 2 is 1.77 bits per heavy atom. The summed E-state index contributed by atoms with van der Waals surface area (Å²) in [5.41, 5.74) is 0.207. The fraction of sp³-hybridized carbons (Fsp3) is 0.300. The van der Waals surface area contributed by atoms with Gasteiger partial charge in [-0.2, -0.15) is 13.2 Å². The van der Waals surface area contributed by atoms with Gasteiger partial charge in [-0.05, 0) is 30.3 Å². The molecule has 2 aromatic rings. The van der Waals surface area contributed by atoms with E-state index in [2.05, 4.69) is 10.5 Å². The predicted molar refractivity (Wildman–Crippen MR) is 102 cm³/mol. The number of hydrogen-bond donors (Lipinski definition) is 1. The number of benzene rings is 2. The minimum Gasteiger partial charge on any atom is -0.493 e. The largest absolute Gasteiger partial charge is 0.493 e. The van der Waals surface area contributed by atoms with E-state index < -0.39 is 23.8 Å². The molecule has 1 aliphatic heterocycles. The molecule has 160 valence electrons. The summed E-state index contributed by atoms with van der Waals surface area (Å²) in [6.45, 7) is 0. The smallest absolute Gasteiger partial charge is 0.416 e. The molecule has 0 aliphatic carbocycles. The van der Waals surface area contributed by atoms with E-state index in [0.29, 0.717) is 28.5 Å². The fourth-order valence-corrected chi connectivity index (χ4v) is 2.93. The summed E-state index contributed by atoms with van der Waals surface area (Å²) in [4.78, 5) is 17.6. The number of nitrogens with one attached hydrogen (secondary N) is 1. The molecule has 3 rings (SSSR count). The van der Waals surface area contributed by atoms with E-state index >= 15 is 0 Å². The van der Waals surface area contributed by atoms with Crippen LogP contribution in [0.1, 0.15) is 17.5 Å². The first-order valence-electron chi connectivity index (χ1n) is 8.78. The summed E-state index contributed by atoms with van der Waals surface area (Å²) in [6, 6.07) is 7.68. The van der Waals surface area contributed by atoms with Gasteiger partial charge in [0.05, 0.1) is 32.6 Å². The van der Waals surface area contributed by atoms with Crippen LogP contribution in [-0.2, 0) is 15.8 Å². The monoisotopic (exact) mass is 424 g/mol. The summed E-state index contributed by atoms with van der Waals surface area (Å²) < 4.78 is 54.4. The van der Waals surface area contributed by atoms with Crippen LogP contribution >= 0.6 is 0 Å². The van der Waals surface area contributed by atoms with E-state index in [0.717, 1.165) is 12.1 Å².